The molecule has 4 aliphatic carbocycles. The van der Waals surface area contributed by atoms with E-state index in [1.807, 2.05) is 0 Å². The maximum Gasteiger partial charge on any atom is 0.252 e. The van der Waals surface area contributed by atoms with Gasteiger partial charge in [0.2, 0.25) is 0 Å². The minimum Gasteiger partial charge on any atom is -0.311 e. The van der Waals surface area contributed by atoms with Crippen LogP contribution in [0.3, 0.4) is 0 Å². The summed E-state index contributed by atoms with van der Waals surface area (Å²) in [5.41, 5.74) is 32.0. The van der Waals surface area contributed by atoms with Crippen LogP contribution in [0.2, 0.25) is 0 Å². The molecule has 3 heteroatoms. The third-order valence-corrected chi connectivity index (χ3v) is 21.8. The van der Waals surface area contributed by atoms with Crippen LogP contribution in [0.25, 0.3) is 22.8 Å². The molecule has 0 saturated heterocycles. The second-order valence-electron chi connectivity index (χ2n) is 31.3. The van der Waals surface area contributed by atoms with Crippen LogP contribution < -0.4 is 26.2 Å². The van der Waals surface area contributed by atoms with Crippen molar-refractivity contribution in [2.24, 2.45) is 5.41 Å². The normalized spacial score (nSPS) is 23.0. The number of fused-ring (bicyclic) bond motifs is 9. The van der Waals surface area contributed by atoms with Gasteiger partial charge in [-0.2, -0.15) is 0 Å². The number of rotatable bonds is 4. The Morgan fingerprint density at radius 1 is 0.438 bits per heavy atom. The van der Waals surface area contributed by atoms with E-state index in [1.54, 1.807) is 5.56 Å². The third kappa shape index (κ3) is 7.77. The fourth-order valence-corrected chi connectivity index (χ4v) is 17.0. The molecular weight excluding hydrogens is 964 g/mol. The standard InChI is InChI=1S/C77H89BN2/c1-47-36-67-69-68(37-47)80(64-44-60-57(38-48(64)2)74(13,14)46-75(60,15)16)65-40-49(39-55-53-29-27-52(71(6,7)8)42-56(53)77(18)33-23-22-32-76(55,77)17)26-30-61(65)78(69)62-43-58-59(73(11,12)35-34-72(58,9)10)45-66(62)79(67)63-31-28-51(70(3,4)5)41-54(63)50-24-20-19-21-25-50/h19-21,24-31,36-45H,22-23,32-35,46H2,1-18H3/b55-39+. The Bertz CT molecular complexity index is 3790. The summed E-state index contributed by atoms with van der Waals surface area (Å²) in [7, 11) is 0. The number of anilines is 6. The highest BCUT2D eigenvalue weighted by atomic mass is 15.2. The van der Waals surface area contributed by atoms with E-state index in [0.717, 1.165) is 12.8 Å². The van der Waals surface area contributed by atoms with Gasteiger partial charge in [-0.3, -0.25) is 0 Å². The van der Waals surface area contributed by atoms with Crippen LogP contribution in [-0.4, -0.2) is 6.71 Å². The molecule has 2 unspecified atom stereocenters. The van der Waals surface area contributed by atoms with Crippen LogP contribution >= 0.6 is 0 Å². The van der Waals surface area contributed by atoms with E-state index in [-0.39, 0.29) is 50.0 Å². The fourth-order valence-electron chi connectivity index (χ4n) is 17.0. The molecule has 0 bridgehead atoms. The molecule has 7 aromatic rings. The van der Waals surface area contributed by atoms with Crippen LogP contribution in [0.1, 0.15) is 217 Å². The second kappa shape index (κ2) is 17.3. The third-order valence-electron chi connectivity index (χ3n) is 21.8. The van der Waals surface area contributed by atoms with E-state index in [0.29, 0.717) is 0 Å². The van der Waals surface area contributed by atoms with E-state index >= 15 is 0 Å². The first kappa shape index (κ1) is 53.3. The van der Waals surface area contributed by atoms with E-state index in [9.17, 15) is 0 Å². The predicted octanol–water partition coefficient (Wildman–Crippen LogP) is 19.3. The van der Waals surface area contributed by atoms with Gasteiger partial charge >= 0.3 is 0 Å². The van der Waals surface area contributed by atoms with Crippen LogP contribution in [0.4, 0.5) is 34.1 Å². The summed E-state index contributed by atoms with van der Waals surface area (Å²) < 4.78 is 0. The van der Waals surface area contributed by atoms with Gasteiger partial charge in [0.1, 0.15) is 0 Å². The molecular formula is C77H89BN2. The lowest BCUT2D eigenvalue weighted by molar-refractivity contribution is 0.165. The van der Waals surface area contributed by atoms with Crippen LogP contribution in [0.15, 0.2) is 121 Å². The van der Waals surface area contributed by atoms with Crippen molar-refractivity contribution in [3.63, 3.8) is 0 Å². The highest BCUT2D eigenvalue weighted by molar-refractivity contribution is 7.00. The Kier molecular flexibility index (Phi) is 11.5. The molecule has 1 saturated carbocycles. The number of allylic oxidation sites excluding steroid dienone is 1. The Hall–Kier alpha value is -6.06. The molecule has 410 valence electrons. The van der Waals surface area contributed by atoms with E-state index in [4.69, 9.17) is 0 Å². The zero-order valence-corrected chi connectivity index (χ0v) is 52.0. The molecule has 0 amide bonds. The monoisotopic (exact) mass is 1050 g/mol. The zero-order valence-electron chi connectivity index (χ0n) is 52.0. The lowest BCUT2D eigenvalue weighted by atomic mass is 9.33. The number of hydrogen-bond donors (Lipinski definition) is 0. The number of benzene rings is 7. The van der Waals surface area contributed by atoms with Crippen molar-refractivity contribution < 1.29 is 0 Å². The minimum atomic E-state index is -0.0225. The average molecular weight is 1050 g/mol. The summed E-state index contributed by atoms with van der Waals surface area (Å²) in [6.07, 6.45) is 11.1. The van der Waals surface area contributed by atoms with E-state index in [2.05, 4.69) is 262 Å². The highest BCUT2D eigenvalue weighted by Gasteiger charge is 2.56. The van der Waals surface area contributed by atoms with Crippen LogP contribution in [0, 0.1) is 19.3 Å². The summed E-state index contributed by atoms with van der Waals surface area (Å²) in [6, 6.07) is 49.5. The zero-order chi connectivity index (χ0) is 56.8. The molecule has 7 aromatic carbocycles. The Morgan fingerprint density at radius 3 is 1.64 bits per heavy atom. The van der Waals surface area contributed by atoms with Gasteiger partial charge in [0.25, 0.3) is 6.71 Å². The Labute approximate surface area is 482 Å². The molecule has 0 N–H and O–H groups in total. The van der Waals surface area contributed by atoms with Gasteiger partial charge in [0.15, 0.2) is 0 Å². The van der Waals surface area contributed by atoms with E-state index in [1.165, 1.54) is 155 Å². The van der Waals surface area contributed by atoms with Gasteiger partial charge in [0, 0.05) is 44.8 Å². The van der Waals surface area contributed by atoms with Gasteiger partial charge in [-0.1, -0.05) is 209 Å². The number of aryl methyl sites for hydroxylation is 2. The first-order valence-corrected chi connectivity index (χ1v) is 30.7. The molecule has 2 heterocycles. The minimum absolute atomic E-state index is 0.00671. The molecule has 80 heavy (non-hydrogen) atoms. The van der Waals surface area contributed by atoms with E-state index < -0.39 is 0 Å². The Balaban J connectivity index is 1.12. The lowest BCUT2D eigenvalue weighted by Gasteiger charge is -2.48. The van der Waals surface area contributed by atoms with Crippen LogP contribution in [-0.2, 0) is 37.9 Å². The SMILES string of the molecule is Cc1cc2c3c(c1)N(c1ccc(C(C)(C)C)cc1-c1ccccc1)c1cc4c(cc1B3c1ccc(/C=C3\c5ccc(C(C)(C)C)cc5C5(C)CCCCC35C)cc1N2c1cc2c(cc1C)C(C)(C)CC2(C)C)C(C)(C)CCC4(C)C. The van der Waals surface area contributed by atoms with Gasteiger partial charge in [-0.15, -0.1) is 0 Å². The van der Waals surface area contributed by atoms with Gasteiger partial charge in [0.05, 0.1) is 5.69 Å². The van der Waals surface area contributed by atoms with Gasteiger partial charge in [-0.25, -0.2) is 0 Å². The highest BCUT2D eigenvalue weighted by Crippen LogP contribution is 2.66. The molecule has 2 nitrogen and oxygen atoms in total. The van der Waals surface area contributed by atoms with Crippen molar-refractivity contribution in [2.75, 3.05) is 9.80 Å². The molecule has 0 aromatic heterocycles. The molecule has 0 radical (unpaired) electrons. The van der Waals surface area contributed by atoms with Crippen molar-refractivity contribution in [1.29, 1.82) is 0 Å². The van der Waals surface area contributed by atoms with Crippen molar-refractivity contribution in [1.82, 2.24) is 0 Å². The fraction of sp³-hybridized carbons (Fsp3) is 0.429. The maximum absolute atomic E-state index is 2.75. The smallest absolute Gasteiger partial charge is 0.252 e. The summed E-state index contributed by atoms with van der Waals surface area (Å²) in [4.78, 5) is 5.47. The van der Waals surface area contributed by atoms with Crippen LogP contribution in [0.5, 0.6) is 0 Å². The summed E-state index contributed by atoms with van der Waals surface area (Å²) >= 11 is 0. The second-order valence-corrected chi connectivity index (χ2v) is 31.3. The summed E-state index contributed by atoms with van der Waals surface area (Å²) in [6.45, 7) is 44.0. The maximum atomic E-state index is 2.75. The topological polar surface area (TPSA) is 6.48 Å². The first-order valence-electron chi connectivity index (χ1n) is 30.7. The molecule has 6 aliphatic rings. The summed E-state index contributed by atoms with van der Waals surface area (Å²) in [5.74, 6) is 0. The Morgan fingerprint density at radius 2 is 0.988 bits per heavy atom. The molecule has 1 fully saturated rings. The number of hydrogen-bond acceptors (Lipinski definition) is 2. The quantitative estimate of drug-likeness (QED) is 0.162. The first-order chi connectivity index (χ1) is 37.4. The molecule has 2 aliphatic heterocycles. The van der Waals surface area contributed by atoms with Gasteiger partial charge < -0.3 is 9.80 Å². The predicted molar refractivity (Wildman–Crippen MR) is 347 cm³/mol. The molecule has 13 rings (SSSR count). The van der Waals surface area contributed by atoms with Crippen molar-refractivity contribution >= 4 is 68.9 Å². The number of nitrogens with zero attached hydrogens (tertiary/aromatic N) is 2. The van der Waals surface area contributed by atoms with Crippen molar-refractivity contribution in [3.8, 4) is 11.1 Å². The average Bonchev–Trinajstić information content (AvgIpc) is 3.03. The lowest BCUT2D eigenvalue weighted by Crippen LogP contribution is -2.62. The molecule has 2 atom stereocenters. The van der Waals surface area contributed by atoms with Crippen molar-refractivity contribution in [3.05, 3.63) is 183 Å². The molecule has 0 spiro atoms. The van der Waals surface area contributed by atoms with Gasteiger partial charge in [-0.05, 0) is 210 Å². The summed E-state index contributed by atoms with van der Waals surface area (Å²) in [5, 5.41) is 0. The largest absolute Gasteiger partial charge is 0.311 e. The van der Waals surface area contributed by atoms with Crippen molar-refractivity contribution in [2.45, 2.75) is 207 Å².